The van der Waals surface area contributed by atoms with Crippen LogP contribution >= 0.6 is 0 Å². The molecule has 35 heavy (non-hydrogen) atoms. The fourth-order valence-corrected chi connectivity index (χ4v) is 4.88. The highest BCUT2D eigenvalue weighted by atomic mass is 19.4. The minimum atomic E-state index is -4.47. The van der Waals surface area contributed by atoms with Crippen molar-refractivity contribution in [2.24, 2.45) is 5.41 Å². The summed E-state index contributed by atoms with van der Waals surface area (Å²) in [6.07, 6.45) is -0.928. The number of alkyl halides is 3. The van der Waals surface area contributed by atoms with E-state index in [9.17, 15) is 22.8 Å². The van der Waals surface area contributed by atoms with E-state index < -0.39 is 17.7 Å². The van der Waals surface area contributed by atoms with Crippen LogP contribution in [0.4, 0.5) is 13.2 Å². The van der Waals surface area contributed by atoms with Gasteiger partial charge in [-0.05, 0) is 61.8 Å². The SMILES string of the molecule is CCc1nn(CCCOC(=O)c2ccc(C(F)(F)F)cc2C)c2c1C(=O)NCC1(CCOCC1)C2. The van der Waals surface area contributed by atoms with Crippen molar-refractivity contribution in [3.63, 3.8) is 0 Å². The molecule has 2 aliphatic heterocycles. The fourth-order valence-electron chi connectivity index (χ4n) is 4.88. The Morgan fingerprint density at radius 2 is 2.03 bits per heavy atom. The number of rotatable bonds is 6. The molecule has 1 aromatic heterocycles. The first-order valence-corrected chi connectivity index (χ1v) is 11.9. The lowest BCUT2D eigenvalue weighted by Gasteiger charge is -2.36. The normalized spacial score (nSPS) is 17.6. The zero-order valence-electron chi connectivity index (χ0n) is 20.0. The number of ether oxygens (including phenoxy) is 2. The summed E-state index contributed by atoms with van der Waals surface area (Å²) in [7, 11) is 0. The van der Waals surface area contributed by atoms with Crippen molar-refractivity contribution in [3.8, 4) is 0 Å². The van der Waals surface area contributed by atoms with Crippen molar-refractivity contribution in [2.75, 3.05) is 26.4 Å². The molecule has 0 atom stereocenters. The maximum atomic E-state index is 12.9. The van der Waals surface area contributed by atoms with E-state index in [4.69, 9.17) is 9.47 Å². The lowest BCUT2D eigenvalue weighted by molar-refractivity contribution is -0.137. The maximum Gasteiger partial charge on any atom is 0.416 e. The van der Waals surface area contributed by atoms with Crippen LogP contribution in [0.3, 0.4) is 0 Å². The monoisotopic (exact) mass is 493 g/mol. The number of carbonyl (C=O) groups excluding carboxylic acids is 2. The first-order chi connectivity index (χ1) is 16.6. The summed E-state index contributed by atoms with van der Waals surface area (Å²) >= 11 is 0. The Kier molecular flexibility index (Phi) is 7.21. The van der Waals surface area contributed by atoms with Crippen molar-refractivity contribution in [2.45, 2.75) is 58.7 Å². The number of hydrogen-bond donors (Lipinski definition) is 1. The first-order valence-electron chi connectivity index (χ1n) is 11.9. The number of nitrogens with one attached hydrogen (secondary N) is 1. The molecule has 2 aromatic rings. The Balaban J connectivity index is 1.43. The maximum absolute atomic E-state index is 12.9. The summed E-state index contributed by atoms with van der Waals surface area (Å²) in [6.45, 7) is 5.90. The molecule has 1 spiro atoms. The number of esters is 1. The molecule has 7 nitrogen and oxygen atoms in total. The number of hydrogen-bond acceptors (Lipinski definition) is 5. The molecule has 4 rings (SSSR count). The molecule has 3 heterocycles. The molecule has 0 radical (unpaired) electrons. The van der Waals surface area contributed by atoms with E-state index in [1.165, 1.54) is 6.92 Å². The molecule has 1 fully saturated rings. The smallest absolute Gasteiger partial charge is 0.416 e. The molecule has 190 valence electrons. The highest BCUT2D eigenvalue weighted by Crippen LogP contribution is 2.37. The third-order valence-corrected chi connectivity index (χ3v) is 6.93. The standard InChI is InChI=1S/C25H30F3N3O4/c1-3-19-21-20(14-24(15-29-22(21)32)7-11-34-12-8-24)31(30-19)9-4-10-35-23(33)18-6-5-17(13-16(18)2)25(26,27)28/h5-6,13H,3-4,7-12,14-15H2,1-2H3,(H,29,32). The molecule has 1 saturated heterocycles. The first kappa shape index (κ1) is 25.2. The lowest BCUT2D eigenvalue weighted by Crippen LogP contribution is -2.40. The number of benzene rings is 1. The van der Waals surface area contributed by atoms with E-state index in [-0.39, 0.29) is 29.1 Å². The molecule has 0 unspecified atom stereocenters. The van der Waals surface area contributed by atoms with Crippen LogP contribution in [0.25, 0.3) is 0 Å². The van der Waals surface area contributed by atoms with Crippen molar-refractivity contribution in [1.82, 2.24) is 15.1 Å². The second-order valence-corrected chi connectivity index (χ2v) is 9.33. The zero-order chi connectivity index (χ0) is 25.2. The summed E-state index contributed by atoms with van der Waals surface area (Å²) in [4.78, 5) is 25.3. The van der Waals surface area contributed by atoms with Crippen LogP contribution in [0.2, 0.25) is 0 Å². The highest BCUT2D eigenvalue weighted by Gasteiger charge is 2.39. The average Bonchev–Trinajstić information content (AvgIpc) is 3.10. The van der Waals surface area contributed by atoms with Gasteiger partial charge in [0, 0.05) is 32.7 Å². The van der Waals surface area contributed by atoms with Gasteiger partial charge in [0.1, 0.15) is 0 Å². The van der Waals surface area contributed by atoms with Gasteiger partial charge in [-0.3, -0.25) is 9.48 Å². The fraction of sp³-hybridized carbons (Fsp3) is 0.560. The van der Waals surface area contributed by atoms with Gasteiger partial charge in [0.15, 0.2) is 0 Å². The van der Waals surface area contributed by atoms with Gasteiger partial charge in [-0.15, -0.1) is 0 Å². The number of fused-ring (bicyclic) bond motifs is 1. The van der Waals surface area contributed by atoms with Gasteiger partial charge in [0.25, 0.3) is 5.91 Å². The largest absolute Gasteiger partial charge is 0.462 e. The Bertz CT molecular complexity index is 1100. The molecule has 1 N–H and O–H groups in total. The van der Waals surface area contributed by atoms with Crippen LogP contribution in [0, 0.1) is 12.3 Å². The molecule has 1 aromatic carbocycles. The Hall–Kier alpha value is -2.88. The second kappa shape index (κ2) is 10.0. The molecule has 0 bridgehead atoms. The summed E-state index contributed by atoms with van der Waals surface area (Å²) in [6, 6.07) is 2.97. The van der Waals surface area contributed by atoms with Gasteiger partial charge in [0.2, 0.25) is 0 Å². The summed E-state index contributed by atoms with van der Waals surface area (Å²) < 4.78 is 51.3. The van der Waals surface area contributed by atoms with Crippen molar-refractivity contribution in [3.05, 3.63) is 51.8 Å². The van der Waals surface area contributed by atoms with E-state index in [2.05, 4.69) is 10.4 Å². The number of carbonyl (C=O) groups is 2. The summed E-state index contributed by atoms with van der Waals surface area (Å²) in [5, 5.41) is 7.76. The summed E-state index contributed by atoms with van der Waals surface area (Å²) in [5.41, 5.74) is 1.76. The molecular weight excluding hydrogens is 463 g/mol. The Labute approximate surface area is 202 Å². The van der Waals surface area contributed by atoms with Gasteiger partial charge in [-0.1, -0.05) is 6.92 Å². The predicted octanol–water partition coefficient (Wildman–Crippen LogP) is 4.10. The van der Waals surface area contributed by atoms with Crippen LogP contribution in [0.5, 0.6) is 0 Å². The topological polar surface area (TPSA) is 82.5 Å². The molecule has 2 aliphatic rings. The molecule has 0 saturated carbocycles. The minimum absolute atomic E-state index is 0.0610. The van der Waals surface area contributed by atoms with Crippen molar-refractivity contribution >= 4 is 11.9 Å². The number of amides is 1. The minimum Gasteiger partial charge on any atom is -0.462 e. The average molecular weight is 494 g/mol. The van der Waals surface area contributed by atoms with Crippen LogP contribution in [0.1, 0.15) is 69.4 Å². The van der Waals surface area contributed by atoms with E-state index in [1.807, 2.05) is 11.6 Å². The van der Waals surface area contributed by atoms with E-state index >= 15 is 0 Å². The Morgan fingerprint density at radius 3 is 2.69 bits per heavy atom. The number of aryl methyl sites for hydroxylation is 3. The van der Waals surface area contributed by atoms with Crippen molar-refractivity contribution in [1.29, 1.82) is 0 Å². The lowest BCUT2D eigenvalue weighted by atomic mass is 9.76. The molecular formula is C25H30F3N3O4. The second-order valence-electron chi connectivity index (χ2n) is 9.33. The highest BCUT2D eigenvalue weighted by molar-refractivity contribution is 5.97. The molecule has 0 aliphatic carbocycles. The zero-order valence-corrected chi connectivity index (χ0v) is 20.0. The van der Waals surface area contributed by atoms with E-state index in [0.29, 0.717) is 44.7 Å². The van der Waals surface area contributed by atoms with Crippen LogP contribution in [0.15, 0.2) is 18.2 Å². The third kappa shape index (κ3) is 5.37. The Morgan fingerprint density at radius 1 is 1.29 bits per heavy atom. The van der Waals surface area contributed by atoms with Crippen LogP contribution in [-0.4, -0.2) is 48.0 Å². The summed E-state index contributed by atoms with van der Waals surface area (Å²) in [5.74, 6) is -0.763. The van der Waals surface area contributed by atoms with Crippen molar-refractivity contribution < 1.29 is 32.2 Å². The number of nitrogens with zero attached hydrogens (tertiary/aromatic N) is 2. The third-order valence-electron chi connectivity index (χ3n) is 6.93. The van der Waals surface area contributed by atoms with E-state index in [1.54, 1.807) is 0 Å². The predicted molar refractivity (Wildman–Crippen MR) is 121 cm³/mol. The van der Waals surface area contributed by atoms with Gasteiger partial charge < -0.3 is 14.8 Å². The van der Waals surface area contributed by atoms with E-state index in [0.717, 1.165) is 48.8 Å². The van der Waals surface area contributed by atoms with Gasteiger partial charge in [-0.2, -0.15) is 18.3 Å². The molecule has 1 amide bonds. The quantitative estimate of drug-likeness (QED) is 0.484. The van der Waals surface area contributed by atoms with Crippen LogP contribution in [-0.2, 0) is 35.0 Å². The van der Waals surface area contributed by atoms with Gasteiger partial charge in [0.05, 0.1) is 34.7 Å². The van der Waals surface area contributed by atoms with Crippen LogP contribution < -0.4 is 5.32 Å². The molecule has 10 heteroatoms. The van der Waals surface area contributed by atoms with Gasteiger partial charge in [-0.25, -0.2) is 4.79 Å². The number of halogens is 3. The van der Waals surface area contributed by atoms with Gasteiger partial charge >= 0.3 is 12.1 Å². The number of aromatic nitrogens is 2.